The Kier molecular flexibility index (Phi) is 5.79. The summed E-state index contributed by atoms with van der Waals surface area (Å²) in [5.41, 5.74) is -0.677. The van der Waals surface area contributed by atoms with E-state index in [9.17, 15) is 5.11 Å². The van der Waals surface area contributed by atoms with Crippen LogP contribution in [0.2, 0.25) is 0 Å². The zero-order valence-electron chi connectivity index (χ0n) is 12.0. The van der Waals surface area contributed by atoms with Crippen LogP contribution in [0.1, 0.15) is 40.0 Å². The molecule has 18 heavy (non-hydrogen) atoms. The highest BCUT2D eigenvalue weighted by Gasteiger charge is 2.29. The van der Waals surface area contributed by atoms with Gasteiger partial charge in [0.2, 0.25) is 0 Å². The van der Waals surface area contributed by atoms with Crippen LogP contribution in [0.3, 0.4) is 0 Å². The van der Waals surface area contributed by atoms with Crippen molar-refractivity contribution in [1.82, 2.24) is 10.6 Å². The molecule has 0 bridgehead atoms. The lowest BCUT2D eigenvalue weighted by atomic mass is 10.0. The van der Waals surface area contributed by atoms with Gasteiger partial charge in [0.25, 0.3) is 0 Å². The molecular formula is C13H27N3OS. The molecule has 4 nitrogen and oxygen atoms in total. The lowest BCUT2D eigenvalue weighted by Crippen LogP contribution is -2.48. The normalized spacial score (nSPS) is 27.9. The summed E-state index contributed by atoms with van der Waals surface area (Å²) in [5.74, 6) is 2.03. The minimum Gasteiger partial charge on any atom is -0.388 e. The van der Waals surface area contributed by atoms with E-state index in [0.717, 1.165) is 18.9 Å². The fourth-order valence-electron chi connectivity index (χ4n) is 1.87. The van der Waals surface area contributed by atoms with Crippen LogP contribution in [-0.4, -0.2) is 47.3 Å². The fourth-order valence-corrected chi connectivity index (χ4v) is 3.11. The van der Waals surface area contributed by atoms with E-state index < -0.39 is 5.60 Å². The number of aliphatic imine (C=N–C) groups is 1. The minimum absolute atomic E-state index is 0.324. The van der Waals surface area contributed by atoms with Gasteiger partial charge in [-0.15, -0.1) is 0 Å². The number of nitrogens with zero attached hydrogens (tertiary/aromatic N) is 1. The number of rotatable bonds is 5. The second kappa shape index (κ2) is 6.66. The van der Waals surface area contributed by atoms with Crippen LogP contribution in [-0.2, 0) is 0 Å². The highest BCUT2D eigenvalue weighted by molar-refractivity contribution is 8.00. The smallest absolute Gasteiger partial charge is 0.191 e. The number of guanidine groups is 1. The van der Waals surface area contributed by atoms with Crippen molar-refractivity contribution in [3.8, 4) is 0 Å². The van der Waals surface area contributed by atoms with Crippen LogP contribution < -0.4 is 10.6 Å². The predicted octanol–water partition coefficient (Wildman–Crippen LogP) is 1.60. The van der Waals surface area contributed by atoms with Crippen molar-refractivity contribution in [1.29, 1.82) is 0 Å². The van der Waals surface area contributed by atoms with Crippen LogP contribution >= 0.6 is 11.8 Å². The van der Waals surface area contributed by atoms with Gasteiger partial charge in [0, 0.05) is 24.9 Å². The van der Waals surface area contributed by atoms with E-state index in [4.69, 9.17) is 0 Å². The van der Waals surface area contributed by atoms with Gasteiger partial charge < -0.3 is 15.7 Å². The molecule has 3 N–H and O–H groups in total. The number of aliphatic hydroxyl groups is 1. The highest BCUT2D eigenvalue weighted by Crippen LogP contribution is 2.36. The van der Waals surface area contributed by atoms with Crippen LogP contribution in [0.4, 0.5) is 0 Å². The first kappa shape index (κ1) is 15.6. The van der Waals surface area contributed by atoms with Crippen molar-refractivity contribution < 1.29 is 5.11 Å². The Labute approximate surface area is 115 Å². The highest BCUT2D eigenvalue weighted by atomic mass is 32.2. The van der Waals surface area contributed by atoms with E-state index in [0.29, 0.717) is 11.3 Å². The second-order valence-electron chi connectivity index (χ2n) is 5.53. The molecule has 106 valence electrons. The van der Waals surface area contributed by atoms with Crippen LogP contribution in [0.25, 0.3) is 0 Å². The minimum atomic E-state index is -0.677. The SMILES string of the molecule is CCC(C)(O)CNC(=NC)NCC1(C)CCCS1. The van der Waals surface area contributed by atoms with Gasteiger partial charge >= 0.3 is 0 Å². The zero-order chi connectivity index (χ0) is 13.6. The summed E-state index contributed by atoms with van der Waals surface area (Å²) in [6.45, 7) is 7.56. The molecule has 0 saturated carbocycles. The third-order valence-electron chi connectivity index (χ3n) is 3.55. The Morgan fingerprint density at radius 3 is 2.72 bits per heavy atom. The largest absolute Gasteiger partial charge is 0.388 e. The van der Waals surface area contributed by atoms with Crippen molar-refractivity contribution in [2.75, 3.05) is 25.9 Å². The van der Waals surface area contributed by atoms with E-state index >= 15 is 0 Å². The molecule has 1 heterocycles. The van der Waals surface area contributed by atoms with Crippen molar-refractivity contribution in [2.45, 2.75) is 50.4 Å². The van der Waals surface area contributed by atoms with Crippen molar-refractivity contribution in [3.05, 3.63) is 0 Å². The van der Waals surface area contributed by atoms with Crippen molar-refractivity contribution in [3.63, 3.8) is 0 Å². The van der Waals surface area contributed by atoms with Crippen LogP contribution in [0, 0.1) is 0 Å². The van der Waals surface area contributed by atoms with E-state index in [1.54, 1.807) is 7.05 Å². The maximum absolute atomic E-state index is 9.95. The molecule has 2 atom stereocenters. The number of thioether (sulfide) groups is 1. The summed E-state index contributed by atoms with van der Waals surface area (Å²) in [5, 5.41) is 16.5. The first-order valence-corrected chi connectivity index (χ1v) is 7.70. The Balaban J connectivity index is 2.34. The summed E-state index contributed by atoms with van der Waals surface area (Å²) in [6, 6.07) is 0. The van der Waals surface area contributed by atoms with Gasteiger partial charge in [-0.3, -0.25) is 4.99 Å². The molecular weight excluding hydrogens is 246 g/mol. The number of nitrogens with one attached hydrogen (secondary N) is 2. The quantitative estimate of drug-likeness (QED) is 0.526. The topological polar surface area (TPSA) is 56.6 Å². The maximum atomic E-state index is 9.95. The molecule has 5 heteroatoms. The summed E-state index contributed by atoms with van der Waals surface area (Å²) in [7, 11) is 1.76. The molecule has 1 saturated heterocycles. The van der Waals surface area contributed by atoms with Gasteiger partial charge in [-0.05, 0) is 38.9 Å². The van der Waals surface area contributed by atoms with Crippen molar-refractivity contribution in [2.24, 2.45) is 4.99 Å². The summed E-state index contributed by atoms with van der Waals surface area (Å²) >= 11 is 2.03. The lowest BCUT2D eigenvalue weighted by molar-refractivity contribution is 0.0603. The molecule has 1 aliphatic rings. The molecule has 0 amide bonds. The zero-order valence-corrected chi connectivity index (χ0v) is 12.9. The Morgan fingerprint density at radius 2 is 2.22 bits per heavy atom. The third-order valence-corrected chi connectivity index (χ3v) is 5.09. The van der Waals surface area contributed by atoms with E-state index in [1.165, 1.54) is 18.6 Å². The van der Waals surface area contributed by atoms with Crippen LogP contribution in [0.5, 0.6) is 0 Å². The first-order valence-electron chi connectivity index (χ1n) is 6.72. The monoisotopic (exact) mass is 273 g/mol. The Morgan fingerprint density at radius 1 is 1.50 bits per heavy atom. The van der Waals surface area contributed by atoms with Crippen molar-refractivity contribution >= 4 is 17.7 Å². The van der Waals surface area contributed by atoms with Gasteiger partial charge in [-0.1, -0.05) is 6.92 Å². The molecule has 0 aliphatic carbocycles. The Hall–Kier alpha value is -0.420. The molecule has 2 unspecified atom stereocenters. The fraction of sp³-hybridized carbons (Fsp3) is 0.923. The summed E-state index contributed by atoms with van der Waals surface area (Å²) < 4.78 is 0.324. The van der Waals surface area contributed by atoms with E-state index in [-0.39, 0.29) is 0 Å². The predicted molar refractivity (Wildman–Crippen MR) is 80.4 cm³/mol. The van der Waals surface area contributed by atoms with Crippen LogP contribution in [0.15, 0.2) is 4.99 Å². The number of hydrogen-bond donors (Lipinski definition) is 3. The second-order valence-corrected chi connectivity index (χ2v) is 7.21. The molecule has 0 aromatic heterocycles. The molecule has 0 radical (unpaired) electrons. The van der Waals surface area contributed by atoms with Gasteiger partial charge in [0.1, 0.15) is 0 Å². The lowest BCUT2D eigenvalue weighted by Gasteiger charge is -2.26. The van der Waals surface area contributed by atoms with E-state index in [1.807, 2.05) is 25.6 Å². The molecule has 0 aromatic rings. The average molecular weight is 273 g/mol. The van der Waals surface area contributed by atoms with Gasteiger partial charge in [-0.2, -0.15) is 11.8 Å². The molecule has 1 fully saturated rings. The van der Waals surface area contributed by atoms with Gasteiger partial charge in [0.15, 0.2) is 5.96 Å². The Bertz CT molecular complexity index is 286. The average Bonchev–Trinajstić information content (AvgIpc) is 2.77. The van der Waals surface area contributed by atoms with Gasteiger partial charge in [0.05, 0.1) is 5.60 Å². The molecule has 1 aliphatic heterocycles. The first-order chi connectivity index (χ1) is 8.41. The third kappa shape index (κ3) is 5.06. The van der Waals surface area contributed by atoms with Gasteiger partial charge in [-0.25, -0.2) is 0 Å². The summed E-state index contributed by atoms with van der Waals surface area (Å²) in [6.07, 6.45) is 3.29. The molecule has 0 aromatic carbocycles. The standard InChI is InChI=1S/C13H27N3OS/c1-5-12(2,17)9-15-11(14-4)16-10-13(3)7-6-8-18-13/h17H,5-10H2,1-4H3,(H2,14,15,16). The molecule has 1 rings (SSSR count). The molecule has 0 spiro atoms. The number of hydrogen-bond acceptors (Lipinski definition) is 3. The van der Waals surface area contributed by atoms with E-state index in [2.05, 4.69) is 22.5 Å². The maximum Gasteiger partial charge on any atom is 0.191 e. The summed E-state index contributed by atoms with van der Waals surface area (Å²) in [4.78, 5) is 4.19.